The van der Waals surface area contributed by atoms with Gasteiger partial charge in [0, 0.05) is 36.2 Å². The van der Waals surface area contributed by atoms with E-state index in [1.165, 1.54) is 12.1 Å². The number of H-pyrrole nitrogens is 1. The Morgan fingerprint density at radius 3 is 2.48 bits per heavy atom. The fraction of sp³-hybridized carbons (Fsp3) is 0.258. The van der Waals surface area contributed by atoms with Gasteiger partial charge in [-0.05, 0) is 66.3 Å². The summed E-state index contributed by atoms with van der Waals surface area (Å²) in [5.74, 6) is -1.70. The standard InChI is InChI=1S/C31H26ClF3N4O3/c32-26-17-20(7-9-24(26)30(41)39-13-3-4-14-39)19-8-10-28(42-31(33,34)35)25(16-19)29(40)38-22(11-12-36)15-21-18-37-27-6-2-1-5-23(21)27/h1-2,5-10,16-18,22,37H,3-4,11,13-15H2,(H,38,40). The predicted octanol–water partition coefficient (Wildman–Crippen LogP) is 6.88. The molecule has 0 aliphatic carbocycles. The summed E-state index contributed by atoms with van der Waals surface area (Å²) in [5, 5.41) is 13.2. The van der Waals surface area contributed by atoms with Gasteiger partial charge >= 0.3 is 6.36 Å². The zero-order valence-electron chi connectivity index (χ0n) is 22.3. The van der Waals surface area contributed by atoms with Crippen LogP contribution >= 0.6 is 11.6 Å². The van der Waals surface area contributed by atoms with Gasteiger partial charge < -0.3 is 19.9 Å². The van der Waals surface area contributed by atoms with Crippen LogP contribution in [0.4, 0.5) is 13.2 Å². The van der Waals surface area contributed by atoms with E-state index >= 15 is 0 Å². The van der Waals surface area contributed by atoms with Gasteiger partial charge in [0.1, 0.15) is 5.75 Å². The molecule has 1 aliphatic rings. The highest BCUT2D eigenvalue weighted by Gasteiger charge is 2.33. The molecule has 1 saturated heterocycles. The average Bonchev–Trinajstić information content (AvgIpc) is 3.63. The summed E-state index contributed by atoms with van der Waals surface area (Å²) in [5.41, 5.74) is 2.59. The first-order valence-corrected chi connectivity index (χ1v) is 13.7. The maximum Gasteiger partial charge on any atom is 0.573 e. The molecule has 11 heteroatoms. The Morgan fingerprint density at radius 2 is 1.76 bits per heavy atom. The second kappa shape index (κ2) is 12.2. The number of carbonyl (C=O) groups excluding carboxylic acids is 2. The van der Waals surface area contributed by atoms with E-state index in [9.17, 15) is 28.0 Å². The number of aromatic amines is 1. The van der Waals surface area contributed by atoms with Crippen molar-refractivity contribution in [3.05, 3.63) is 88.6 Å². The monoisotopic (exact) mass is 594 g/mol. The molecular weight excluding hydrogens is 569 g/mol. The zero-order chi connectivity index (χ0) is 29.9. The van der Waals surface area contributed by atoms with Crippen LogP contribution in [0.5, 0.6) is 5.75 Å². The number of amides is 2. The third-order valence-corrected chi connectivity index (χ3v) is 7.50. The van der Waals surface area contributed by atoms with Crippen LogP contribution in [0, 0.1) is 11.3 Å². The number of nitrogens with zero attached hydrogens (tertiary/aromatic N) is 2. The third-order valence-electron chi connectivity index (χ3n) is 7.19. The molecule has 1 aromatic heterocycles. The van der Waals surface area contributed by atoms with Crippen molar-refractivity contribution in [2.24, 2.45) is 0 Å². The van der Waals surface area contributed by atoms with E-state index < -0.39 is 24.1 Å². The summed E-state index contributed by atoms with van der Waals surface area (Å²) in [4.78, 5) is 31.1. The highest BCUT2D eigenvalue weighted by atomic mass is 35.5. The minimum Gasteiger partial charge on any atom is -0.405 e. The lowest BCUT2D eigenvalue weighted by Gasteiger charge is -2.19. The van der Waals surface area contributed by atoms with E-state index in [4.69, 9.17) is 11.6 Å². The van der Waals surface area contributed by atoms with Crippen LogP contribution in [0.1, 0.15) is 45.5 Å². The second-order valence-corrected chi connectivity index (χ2v) is 10.5. The molecule has 42 heavy (non-hydrogen) atoms. The fourth-order valence-corrected chi connectivity index (χ4v) is 5.43. The first-order valence-electron chi connectivity index (χ1n) is 13.3. The van der Waals surface area contributed by atoms with Crippen LogP contribution in [0.15, 0.2) is 66.9 Å². The second-order valence-electron chi connectivity index (χ2n) is 10.0. The van der Waals surface area contributed by atoms with Gasteiger partial charge in [0.25, 0.3) is 11.8 Å². The van der Waals surface area contributed by atoms with Crippen molar-refractivity contribution in [1.82, 2.24) is 15.2 Å². The number of alkyl halides is 3. The van der Waals surface area contributed by atoms with Gasteiger partial charge in [0.15, 0.2) is 0 Å². The number of nitrogens with one attached hydrogen (secondary N) is 2. The van der Waals surface area contributed by atoms with Gasteiger partial charge in [-0.1, -0.05) is 41.9 Å². The lowest BCUT2D eigenvalue weighted by atomic mass is 9.99. The Labute approximate surface area is 244 Å². The Bertz CT molecular complexity index is 1670. The number of hydrogen-bond donors (Lipinski definition) is 2. The van der Waals surface area contributed by atoms with E-state index in [0.29, 0.717) is 29.8 Å². The smallest absolute Gasteiger partial charge is 0.405 e. The Morgan fingerprint density at radius 1 is 1.05 bits per heavy atom. The molecule has 1 atom stereocenters. The Kier molecular flexibility index (Phi) is 8.41. The van der Waals surface area contributed by atoms with Crippen LogP contribution in [0.2, 0.25) is 5.02 Å². The van der Waals surface area contributed by atoms with Crippen LogP contribution in [-0.2, 0) is 6.42 Å². The van der Waals surface area contributed by atoms with E-state index in [2.05, 4.69) is 15.0 Å². The summed E-state index contributed by atoms with van der Waals surface area (Å²) < 4.78 is 43.9. The van der Waals surface area contributed by atoms with Crippen molar-refractivity contribution in [3.8, 4) is 22.9 Å². The number of para-hydroxylation sites is 1. The molecule has 1 fully saturated rings. The average molecular weight is 595 g/mol. The number of fused-ring (bicyclic) bond motifs is 1. The van der Waals surface area contributed by atoms with E-state index in [1.807, 2.05) is 30.3 Å². The van der Waals surface area contributed by atoms with Crippen LogP contribution in [-0.4, -0.2) is 47.2 Å². The molecule has 0 spiro atoms. The molecule has 2 N–H and O–H groups in total. The van der Waals surface area contributed by atoms with Crippen molar-refractivity contribution in [3.63, 3.8) is 0 Å². The topological polar surface area (TPSA) is 98.2 Å². The number of nitriles is 1. The largest absolute Gasteiger partial charge is 0.573 e. The van der Waals surface area contributed by atoms with Gasteiger partial charge in [0.2, 0.25) is 0 Å². The lowest BCUT2D eigenvalue weighted by Crippen LogP contribution is -2.36. The molecule has 1 aliphatic heterocycles. The molecular formula is C31H26ClF3N4O3. The first-order chi connectivity index (χ1) is 20.1. The number of hydrogen-bond acceptors (Lipinski definition) is 4. The molecule has 5 rings (SSSR count). The van der Waals surface area contributed by atoms with Crippen LogP contribution in [0.25, 0.3) is 22.0 Å². The van der Waals surface area contributed by atoms with Crippen molar-refractivity contribution in [2.75, 3.05) is 13.1 Å². The van der Waals surface area contributed by atoms with E-state index in [1.54, 1.807) is 29.3 Å². The Hall–Kier alpha value is -4.49. The number of halogens is 4. The summed E-state index contributed by atoms with van der Waals surface area (Å²) in [6.45, 7) is 1.31. The van der Waals surface area contributed by atoms with Gasteiger partial charge in [-0.15, -0.1) is 13.2 Å². The molecule has 2 heterocycles. The number of rotatable bonds is 8. The molecule has 1 unspecified atom stereocenters. The predicted molar refractivity (Wildman–Crippen MR) is 152 cm³/mol. The van der Waals surface area contributed by atoms with Gasteiger partial charge in [0.05, 0.1) is 28.6 Å². The molecule has 0 saturated carbocycles. The number of benzene rings is 3. The van der Waals surface area contributed by atoms with Crippen molar-refractivity contribution in [1.29, 1.82) is 5.26 Å². The molecule has 3 aromatic carbocycles. The quantitative estimate of drug-likeness (QED) is 0.232. The summed E-state index contributed by atoms with van der Waals surface area (Å²) >= 11 is 6.45. The summed E-state index contributed by atoms with van der Waals surface area (Å²) in [6.07, 6.45) is -1.19. The number of ether oxygens (including phenoxy) is 1. The van der Waals surface area contributed by atoms with Gasteiger partial charge in [-0.25, -0.2) is 0 Å². The normalized spacial score (nSPS) is 14.0. The van der Waals surface area contributed by atoms with E-state index in [-0.39, 0.29) is 29.3 Å². The fourth-order valence-electron chi connectivity index (χ4n) is 5.17. The molecule has 2 amide bonds. The zero-order valence-corrected chi connectivity index (χ0v) is 23.1. The van der Waals surface area contributed by atoms with Crippen molar-refractivity contribution in [2.45, 2.75) is 38.1 Å². The summed E-state index contributed by atoms with van der Waals surface area (Å²) in [7, 11) is 0. The minimum absolute atomic E-state index is 0.0669. The van der Waals surface area contributed by atoms with Crippen LogP contribution in [0.3, 0.4) is 0 Å². The highest BCUT2D eigenvalue weighted by molar-refractivity contribution is 6.34. The number of carbonyl (C=O) groups is 2. The maximum atomic E-state index is 13.4. The third kappa shape index (κ3) is 6.52. The highest BCUT2D eigenvalue weighted by Crippen LogP contribution is 2.33. The molecule has 0 radical (unpaired) electrons. The minimum atomic E-state index is -5.03. The Balaban J connectivity index is 1.43. The lowest BCUT2D eigenvalue weighted by molar-refractivity contribution is -0.274. The van der Waals surface area contributed by atoms with Crippen molar-refractivity contribution >= 4 is 34.3 Å². The van der Waals surface area contributed by atoms with Crippen molar-refractivity contribution < 1.29 is 27.5 Å². The molecule has 4 aromatic rings. The molecule has 0 bridgehead atoms. The van der Waals surface area contributed by atoms with Crippen LogP contribution < -0.4 is 10.1 Å². The van der Waals surface area contributed by atoms with Gasteiger partial charge in [-0.3, -0.25) is 9.59 Å². The van der Waals surface area contributed by atoms with Gasteiger partial charge in [-0.2, -0.15) is 5.26 Å². The number of likely N-dealkylation sites (tertiary alicyclic amines) is 1. The maximum absolute atomic E-state index is 13.4. The van der Waals surface area contributed by atoms with E-state index in [0.717, 1.165) is 35.4 Å². The summed E-state index contributed by atoms with van der Waals surface area (Å²) in [6, 6.07) is 17.3. The number of aromatic nitrogens is 1. The first kappa shape index (κ1) is 29.0. The molecule has 216 valence electrons. The SMILES string of the molecule is N#CCC(Cc1c[nH]c2ccccc12)NC(=O)c1cc(-c2ccc(C(=O)N3CCCC3)c(Cl)c2)ccc1OC(F)(F)F. The molecule has 7 nitrogen and oxygen atoms in total.